The molecule has 0 N–H and O–H groups in total. The van der Waals surface area contributed by atoms with Gasteiger partial charge in [0.15, 0.2) is 0 Å². The Balaban J connectivity index is 2.83. The summed E-state index contributed by atoms with van der Waals surface area (Å²) in [4.78, 5) is 0. The molecule has 0 aliphatic rings. The van der Waals surface area contributed by atoms with Gasteiger partial charge in [-0.05, 0) is 18.5 Å². The Morgan fingerprint density at radius 1 is 1.71 bits per heavy atom. The van der Waals surface area contributed by atoms with Gasteiger partial charge in [0.2, 0.25) is 0 Å². The van der Waals surface area contributed by atoms with Crippen molar-refractivity contribution in [1.29, 1.82) is 0 Å². The van der Waals surface area contributed by atoms with E-state index < -0.39 is 0 Å². The first-order chi connectivity index (χ1) is 3.31. The first kappa shape index (κ1) is 7.72. The summed E-state index contributed by atoms with van der Waals surface area (Å²) in [5.41, 5.74) is 0.734. The molecule has 0 aromatic heterocycles. The van der Waals surface area contributed by atoms with Crippen LogP contribution in [0.3, 0.4) is 0 Å². The molecule has 0 saturated carbocycles. The van der Waals surface area contributed by atoms with E-state index in [4.69, 9.17) is 11.6 Å². The van der Waals surface area contributed by atoms with Gasteiger partial charge in [0.1, 0.15) is 0 Å². The summed E-state index contributed by atoms with van der Waals surface area (Å²) >= 11 is 5.46. The lowest BCUT2D eigenvalue weighted by Gasteiger charge is -2.01. The molecule has 0 nitrogen and oxygen atoms in total. The van der Waals surface area contributed by atoms with Gasteiger partial charge in [0.05, 0.1) is 0 Å². The molecule has 0 fully saturated rings. The third kappa shape index (κ3) is 4.58. The van der Waals surface area contributed by atoms with Crippen LogP contribution in [0.1, 0.15) is 19.8 Å². The van der Waals surface area contributed by atoms with E-state index in [1.165, 1.54) is 6.42 Å². The summed E-state index contributed by atoms with van der Waals surface area (Å²) < 4.78 is 0. The van der Waals surface area contributed by atoms with Crippen LogP contribution in [-0.2, 0) is 0 Å². The van der Waals surface area contributed by atoms with Gasteiger partial charge in [-0.25, -0.2) is 0 Å². The van der Waals surface area contributed by atoms with Crippen molar-refractivity contribution in [3.8, 4) is 0 Å². The zero-order valence-electron chi connectivity index (χ0n) is 4.65. The molecule has 0 bridgehead atoms. The Morgan fingerprint density at radius 3 is 2.43 bits per heavy atom. The molecule has 44 valence electrons. The van der Waals surface area contributed by atoms with Crippen LogP contribution in [0, 0.1) is 0 Å². The van der Waals surface area contributed by atoms with E-state index in [9.17, 15) is 0 Å². The number of hydrogen-bond acceptors (Lipinski definition) is 0. The van der Waals surface area contributed by atoms with Crippen LogP contribution in [0.25, 0.3) is 0 Å². The molecule has 0 aromatic rings. The fourth-order valence-corrected chi connectivity index (χ4v) is 1.00. The molecule has 1 unspecified atom stereocenters. The van der Waals surface area contributed by atoms with Gasteiger partial charge in [-0.3, -0.25) is 0 Å². The number of alkyl halides is 1. The molecule has 0 rings (SSSR count). The van der Waals surface area contributed by atoms with Gasteiger partial charge < -0.3 is 0 Å². The highest BCUT2D eigenvalue weighted by atomic mass is 35.5. The smallest absolute Gasteiger partial charge is 0.0229 e. The molecule has 0 aromatic carbocycles. The molecule has 0 saturated heterocycles. The largest absolute Gasteiger partial charge is 0.134 e. The average molecular weight is 139 g/mol. The van der Waals surface area contributed by atoms with Crippen molar-refractivity contribution >= 4 is 20.8 Å². The van der Waals surface area contributed by atoms with E-state index >= 15 is 0 Å². The summed E-state index contributed by atoms with van der Waals surface area (Å²) in [6, 6.07) is 0. The zero-order chi connectivity index (χ0) is 5.70. The maximum atomic E-state index is 5.46. The highest BCUT2D eigenvalue weighted by Gasteiger charge is 1.93. The van der Waals surface area contributed by atoms with Crippen molar-refractivity contribution in [2.24, 2.45) is 0 Å². The van der Waals surface area contributed by atoms with Gasteiger partial charge in [0.25, 0.3) is 0 Å². The van der Waals surface area contributed by atoms with Crippen LogP contribution in [0.4, 0.5) is 0 Å². The average Bonchev–Trinajstić information content (AvgIpc) is 1.68. The van der Waals surface area contributed by atoms with E-state index in [1.54, 1.807) is 0 Å². The third-order valence-corrected chi connectivity index (χ3v) is 2.03. The molecular formula is C5H12ClP. The molecular weight excluding hydrogens is 126 g/mol. The van der Waals surface area contributed by atoms with E-state index in [0.717, 1.165) is 18.0 Å². The second-order valence-electron chi connectivity index (χ2n) is 1.65. The highest BCUT2D eigenvalue weighted by molar-refractivity contribution is 7.17. The fourth-order valence-electron chi connectivity index (χ4n) is 0.344. The van der Waals surface area contributed by atoms with Gasteiger partial charge in [-0.15, -0.1) is 20.8 Å². The number of rotatable bonds is 3. The molecule has 2 heteroatoms. The standard InChI is InChI=1S/C5H12ClP/c1-2-5(7)3-4-6/h5H,2-4,7H2,1H3/t5-/m0/s1. The predicted molar refractivity (Wildman–Crippen MR) is 39.1 cm³/mol. The highest BCUT2D eigenvalue weighted by Crippen LogP contribution is 2.09. The number of hydrogen-bond donors (Lipinski definition) is 0. The Labute approximate surface area is 52.8 Å². The van der Waals surface area contributed by atoms with Gasteiger partial charge >= 0.3 is 0 Å². The van der Waals surface area contributed by atoms with Crippen LogP contribution >= 0.6 is 20.8 Å². The second-order valence-corrected chi connectivity index (χ2v) is 2.97. The molecule has 0 radical (unpaired) electrons. The summed E-state index contributed by atoms with van der Waals surface area (Å²) in [6.07, 6.45) is 2.35. The zero-order valence-corrected chi connectivity index (χ0v) is 6.56. The predicted octanol–water partition coefficient (Wildman–Crippen LogP) is 2.27. The normalized spacial score (nSPS) is 14.1. The second kappa shape index (κ2) is 4.87. The number of halogens is 1. The molecule has 0 aliphatic carbocycles. The topological polar surface area (TPSA) is 0 Å². The minimum absolute atomic E-state index is 0.734. The summed E-state index contributed by atoms with van der Waals surface area (Å²) in [5.74, 6) is 0.794. The minimum Gasteiger partial charge on any atom is -0.134 e. The van der Waals surface area contributed by atoms with Crippen LogP contribution in [0.2, 0.25) is 0 Å². The quantitative estimate of drug-likeness (QED) is 0.415. The Bertz CT molecular complexity index is 39.1. The van der Waals surface area contributed by atoms with Crippen molar-refractivity contribution in [3.63, 3.8) is 0 Å². The molecule has 0 amide bonds. The Kier molecular flexibility index (Phi) is 5.37. The van der Waals surface area contributed by atoms with Crippen LogP contribution < -0.4 is 0 Å². The third-order valence-electron chi connectivity index (χ3n) is 1.00. The van der Waals surface area contributed by atoms with Crippen molar-refractivity contribution < 1.29 is 0 Å². The minimum atomic E-state index is 0.734. The van der Waals surface area contributed by atoms with E-state index in [0.29, 0.717) is 0 Å². The summed E-state index contributed by atoms with van der Waals surface area (Å²) in [5, 5.41) is 0. The van der Waals surface area contributed by atoms with Crippen molar-refractivity contribution in [1.82, 2.24) is 0 Å². The summed E-state index contributed by atoms with van der Waals surface area (Å²) in [7, 11) is 2.77. The first-order valence-electron chi connectivity index (χ1n) is 2.62. The Morgan fingerprint density at radius 2 is 2.29 bits per heavy atom. The van der Waals surface area contributed by atoms with Crippen LogP contribution in [-0.4, -0.2) is 11.5 Å². The lowest BCUT2D eigenvalue weighted by molar-refractivity contribution is 0.797. The molecule has 0 heterocycles. The van der Waals surface area contributed by atoms with Crippen molar-refractivity contribution in [3.05, 3.63) is 0 Å². The SMILES string of the molecule is CC[C@H](P)CCCl. The molecule has 7 heavy (non-hydrogen) atoms. The van der Waals surface area contributed by atoms with E-state index in [2.05, 4.69) is 16.2 Å². The first-order valence-corrected chi connectivity index (χ1v) is 3.83. The fraction of sp³-hybridized carbons (Fsp3) is 1.00. The lowest BCUT2D eigenvalue weighted by atomic mass is 10.3. The van der Waals surface area contributed by atoms with Crippen LogP contribution in [0.15, 0.2) is 0 Å². The van der Waals surface area contributed by atoms with Crippen molar-refractivity contribution in [2.45, 2.75) is 25.4 Å². The van der Waals surface area contributed by atoms with Crippen LogP contribution in [0.5, 0.6) is 0 Å². The van der Waals surface area contributed by atoms with E-state index in [1.807, 2.05) is 0 Å². The van der Waals surface area contributed by atoms with Gasteiger partial charge in [-0.2, -0.15) is 0 Å². The monoisotopic (exact) mass is 138 g/mol. The van der Waals surface area contributed by atoms with Crippen molar-refractivity contribution in [2.75, 3.05) is 5.88 Å². The van der Waals surface area contributed by atoms with Gasteiger partial charge in [0, 0.05) is 5.88 Å². The molecule has 2 atom stereocenters. The summed E-state index contributed by atoms with van der Waals surface area (Å²) in [6.45, 7) is 2.17. The lowest BCUT2D eigenvalue weighted by Crippen LogP contribution is -1.93. The van der Waals surface area contributed by atoms with E-state index in [-0.39, 0.29) is 0 Å². The molecule has 0 spiro atoms. The molecule has 0 aliphatic heterocycles. The maximum absolute atomic E-state index is 5.46. The Hall–Kier alpha value is 0.720. The van der Waals surface area contributed by atoms with Gasteiger partial charge in [-0.1, -0.05) is 6.92 Å². The maximum Gasteiger partial charge on any atom is 0.0229 e.